The highest BCUT2D eigenvalue weighted by Gasteiger charge is 2.08. The summed E-state index contributed by atoms with van der Waals surface area (Å²) in [6.07, 6.45) is 8.01. The lowest BCUT2D eigenvalue weighted by Gasteiger charge is -2.24. The van der Waals surface area contributed by atoms with Crippen LogP contribution in [0.15, 0.2) is 48.5 Å². The van der Waals surface area contributed by atoms with Crippen LogP contribution in [0, 0.1) is 0 Å². The molecule has 0 saturated carbocycles. The first-order chi connectivity index (χ1) is 12.9. The van der Waals surface area contributed by atoms with Gasteiger partial charge in [0.2, 0.25) is 0 Å². The van der Waals surface area contributed by atoms with Crippen molar-refractivity contribution in [3.8, 4) is 11.8 Å². The van der Waals surface area contributed by atoms with E-state index >= 15 is 0 Å². The van der Waals surface area contributed by atoms with Gasteiger partial charge in [0.15, 0.2) is 0 Å². The molecular weight excluding hydrogens is 322 g/mol. The van der Waals surface area contributed by atoms with Gasteiger partial charge in [-0.2, -0.15) is 4.98 Å². The predicted octanol–water partition coefficient (Wildman–Crippen LogP) is 5.16. The molecule has 0 unspecified atom stereocenters. The first-order valence-corrected chi connectivity index (χ1v) is 9.81. The second-order valence-corrected chi connectivity index (χ2v) is 7.16. The van der Waals surface area contributed by atoms with Crippen LogP contribution in [0.25, 0.3) is 11.0 Å². The number of aromatic nitrogens is 2. The van der Waals surface area contributed by atoms with Gasteiger partial charge in [-0.05, 0) is 62.2 Å². The summed E-state index contributed by atoms with van der Waals surface area (Å²) in [6.45, 7) is 3.67. The monoisotopic (exact) mass is 349 g/mol. The van der Waals surface area contributed by atoms with Crippen LogP contribution < -0.4 is 4.74 Å². The molecule has 3 aromatic rings. The van der Waals surface area contributed by atoms with Crippen LogP contribution in [0.2, 0.25) is 0 Å². The first kappa shape index (κ1) is 17.1. The fraction of sp³-hybridized carbons (Fsp3) is 0.409. The van der Waals surface area contributed by atoms with Crippen molar-refractivity contribution >= 4 is 11.0 Å². The van der Waals surface area contributed by atoms with Gasteiger partial charge < -0.3 is 14.6 Å². The molecule has 0 amide bonds. The molecule has 2 aromatic carbocycles. The van der Waals surface area contributed by atoms with Crippen LogP contribution in [0.3, 0.4) is 0 Å². The lowest BCUT2D eigenvalue weighted by atomic mass is 10.1. The van der Waals surface area contributed by atoms with Gasteiger partial charge in [-0.15, -0.1) is 0 Å². The number of nitrogens with zero attached hydrogens (tertiary/aromatic N) is 2. The van der Waals surface area contributed by atoms with Crippen molar-refractivity contribution in [2.45, 2.75) is 38.5 Å². The molecule has 1 fully saturated rings. The maximum absolute atomic E-state index is 5.87. The summed E-state index contributed by atoms with van der Waals surface area (Å²) in [4.78, 5) is 10.3. The van der Waals surface area contributed by atoms with Crippen molar-refractivity contribution in [2.75, 3.05) is 19.6 Å². The van der Waals surface area contributed by atoms with E-state index in [4.69, 9.17) is 4.74 Å². The summed E-state index contributed by atoms with van der Waals surface area (Å²) >= 11 is 0. The van der Waals surface area contributed by atoms with E-state index in [1.165, 1.54) is 50.8 Å². The highest BCUT2D eigenvalue weighted by Crippen LogP contribution is 2.22. The van der Waals surface area contributed by atoms with E-state index in [2.05, 4.69) is 27.0 Å². The number of ether oxygens (including phenoxy) is 1. The molecule has 1 saturated heterocycles. The summed E-state index contributed by atoms with van der Waals surface area (Å²) in [7, 11) is 0. The molecule has 0 radical (unpaired) electrons. The van der Waals surface area contributed by atoms with E-state index in [1.54, 1.807) is 0 Å². The number of likely N-dealkylation sites (tertiary alicyclic amines) is 1. The summed E-state index contributed by atoms with van der Waals surface area (Å²) < 4.78 is 5.87. The molecule has 4 rings (SSSR count). The molecule has 2 heterocycles. The fourth-order valence-corrected chi connectivity index (χ4v) is 3.64. The molecule has 1 aliphatic rings. The minimum atomic E-state index is 0.541. The van der Waals surface area contributed by atoms with Crippen molar-refractivity contribution in [3.05, 3.63) is 54.1 Å². The van der Waals surface area contributed by atoms with Crippen molar-refractivity contribution in [2.24, 2.45) is 0 Å². The number of fused-ring (bicyclic) bond motifs is 1. The lowest BCUT2D eigenvalue weighted by Crippen LogP contribution is -2.29. The van der Waals surface area contributed by atoms with Gasteiger partial charge in [-0.25, -0.2) is 0 Å². The molecule has 0 bridgehead atoms. The van der Waals surface area contributed by atoms with Gasteiger partial charge in [0.05, 0.1) is 11.0 Å². The second kappa shape index (κ2) is 8.37. The molecule has 0 spiro atoms. The minimum Gasteiger partial charge on any atom is -0.426 e. The minimum absolute atomic E-state index is 0.541. The summed E-state index contributed by atoms with van der Waals surface area (Å²) in [5.41, 5.74) is 3.28. The zero-order valence-electron chi connectivity index (χ0n) is 15.3. The Morgan fingerprint density at radius 3 is 2.38 bits per heavy atom. The summed E-state index contributed by atoms with van der Waals surface area (Å²) in [6, 6.07) is 16.9. The lowest BCUT2D eigenvalue weighted by molar-refractivity contribution is 0.250. The number of para-hydroxylation sites is 2. The third kappa shape index (κ3) is 4.44. The SMILES string of the molecule is c1ccc2[nH]c(Oc3ccc(CCN4CCCCCCC4)cc3)nc2c1. The van der Waals surface area contributed by atoms with E-state index in [0.29, 0.717) is 6.01 Å². The topological polar surface area (TPSA) is 41.1 Å². The Balaban J connectivity index is 1.32. The zero-order valence-corrected chi connectivity index (χ0v) is 15.3. The zero-order chi connectivity index (χ0) is 17.6. The van der Waals surface area contributed by atoms with Crippen LogP contribution in [0.1, 0.15) is 37.7 Å². The quantitative estimate of drug-likeness (QED) is 0.691. The Hall–Kier alpha value is -2.33. The molecule has 0 atom stereocenters. The number of H-pyrrole nitrogens is 1. The Kier molecular flexibility index (Phi) is 5.50. The number of hydrogen-bond acceptors (Lipinski definition) is 3. The standard InChI is InChI=1S/C22H27N3O/c1-2-6-15-25(16-7-3-1)17-14-18-10-12-19(13-11-18)26-22-23-20-8-4-5-9-21(20)24-22/h4-5,8-13H,1-3,6-7,14-17H2,(H,23,24). The van der Waals surface area contributed by atoms with E-state index in [1.807, 2.05) is 36.4 Å². The fourth-order valence-electron chi connectivity index (χ4n) is 3.64. The van der Waals surface area contributed by atoms with Crippen LogP contribution >= 0.6 is 0 Å². The van der Waals surface area contributed by atoms with E-state index in [9.17, 15) is 0 Å². The molecular formula is C22H27N3O. The molecule has 136 valence electrons. The summed E-state index contributed by atoms with van der Waals surface area (Å²) in [5.74, 6) is 0.819. The number of aromatic amines is 1. The average Bonchev–Trinajstić information content (AvgIpc) is 3.04. The highest BCUT2D eigenvalue weighted by atomic mass is 16.5. The van der Waals surface area contributed by atoms with Crippen LogP contribution in [0.5, 0.6) is 11.8 Å². The Morgan fingerprint density at radius 2 is 1.62 bits per heavy atom. The van der Waals surface area contributed by atoms with E-state index in [-0.39, 0.29) is 0 Å². The Morgan fingerprint density at radius 1 is 0.885 bits per heavy atom. The van der Waals surface area contributed by atoms with Crippen molar-refractivity contribution in [3.63, 3.8) is 0 Å². The molecule has 1 N–H and O–H groups in total. The van der Waals surface area contributed by atoms with Crippen LogP contribution in [-0.2, 0) is 6.42 Å². The number of nitrogens with one attached hydrogen (secondary N) is 1. The summed E-state index contributed by atoms with van der Waals surface area (Å²) in [5, 5.41) is 0. The van der Waals surface area contributed by atoms with Gasteiger partial charge in [-0.3, -0.25) is 0 Å². The van der Waals surface area contributed by atoms with E-state index < -0.39 is 0 Å². The molecule has 26 heavy (non-hydrogen) atoms. The Bertz CT molecular complexity index is 784. The number of rotatable bonds is 5. The smallest absolute Gasteiger partial charge is 0.300 e. The maximum atomic E-state index is 5.87. The maximum Gasteiger partial charge on any atom is 0.300 e. The van der Waals surface area contributed by atoms with Crippen molar-refractivity contribution in [1.29, 1.82) is 0 Å². The molecule has 1 aliphatic heterocycles. The average molecular weight is 349 g/mol. The van der Waals surface area contributed by atoms with E-state index in [0.717, 1.165) is 29.7 Å². The molecule has 4 nitrogen and oxygen atoms in total. The second-order valence-electron chi connectivity index (χ2n) is 7.16. The third-order valence-corrected chi connectivity index (χ3v) is 5.17. The number of hydrogen-bond donors (Lipinski definition) is 1. The van der Waals surface area contributed by atoms with Crippen molar-refractivity contribution in [1.82, 2.24) is 14.9 Å². The number of benzene rings is 2. The molecule has 1 aromatic heterocycles. The Labute approximate surface area is 155 Å². The van der Waals surface area contributed by atoms with Gasteiger partial charge in [0, 0.05) is 6.54 Å². The normalized spacial score (nSPS) is 16.3. The molecule has 0 aliphatic carbocycles. The largest absolute Gasteiger partial charge is 0.426 e. The van der Waals surface area contributed by atoms with Crippen molar-refractivity contribution < 1.29 is 4.74 Å². The van der Waals surface area contributed by atoms with Gasteiger partial charge >= 0.3 is 0 Å². The predicted molar refractivity (Wildman–Crippen MR) is 106 cm³/mol. The van der Waals surface area contributed by atoms with Crippen LogP contribution in [-0.4, -0.2) is 34.5 Å². The number of imidazole rings is 1. The van der Waals surface area contributed by atoms with Crippen LogP contribution in [0.4, 0.5) is 0 Å². The first-order valence-electron chi connectivity index (χ1n) is 9.81. The highest BCUT2D eigenvalue weighted by molar-refractivity contribution is 5.75. The molecule has 4 heteroatoms. The van der Waals surface area contributed by atoms with Gasteiger partial charge in [0.1, 0.15) is 5.75 Å². The van der Waals surface area contributed by atoms with Gasteiger partial charge in [0.25, 0.3) is 6.01 Å². The third-order valence-electron chi connectivity index (χ3n) is 5.17. The van der Waals surface area contributed by atoms with Gasteiger partial charge in [-0.1, -0.05) is 43.5 Å².